The standard InChI is InChI=1S/C15H7BrFN5S/c16-10-6-19-15(22-7-8(5-18)20-14(10)22)21-13-9-3-4-23-12(9)2-1-11(13)17/h1-4,6-7H,(H,19,21). The first kappa shape index (κ1) is 14.1. The first-order valence-electron chi connectivity index (χ1n) is 6.54. The van der Waals surface area contributed by atoms with Crippen molar-refractivity contribution >= 4 is 54.6 Å². The number of rotatable bonds is 2. The van der Waals surface area contributed by atoms with Crippen molar-refractivity contribution in [3.8, 4) is 6.07 Å². The second-order valence-corrected chi connectivity index (χ2v) is 6.54. The van der Waals surface area contributed by atoms with E-state index in [1.807, 2.05) is 17.5 Å². The number of benzene rings is 1. The number of nitrogens with zero attached hydrogens (tertiary/aromatic N) is 4. The Morgan fingerprint density at radius 1 is 1.35 bits per heavy atom. The zero-order valence-corrected chi connectivity index (χ0v) is 13.8. The van der Waals surface area contributed by atoms with Gasteiger partial charge in [-0.05, 0) is 39.5 Å². The average Bonchev–Trinajstić information content (AvgIpc) is 3.19. The van der Waals surface area contributed by atoms with Crippen LogP contribution in [0.15, 0.2) is 40.4 Å². The molecule has 0 radical (unpaired) electrons. The van der Waals surface area contributed by atoms with Crippen molar-refractivity contribution < 1.29 is 4.39 Å². The lowest BCUT2D eigenvalue weighted by atomic mass is 10.2. The first-order chi connectivity index (χ1) is 11.2. The predicted octanol–water partition coefficient (Wildman–Crippen LogP) is 4.46. The largest absolute Gasteiger partial charge is 0.322 e. The van der Waals surface area contributed by atoms with Crippen LogP contribution in [0.25, 0.3) is 15.7 Å². The molecule has 0 fully saturated rings. The van der Waals surface area contributed by atoms with Gasteiger partial charge in [0.15, 0.2) is 11.3 Å². The molecule has 0 aliphatic carbocycles. The maximum absolute atomic E-state index is 14.3. The van der Waals surface area contributed by atoms with Gasteiger partial charge in [0.25, 0.3) is 0 Å². The van der Waals surface area contributed by atoms with Gasteiger partial charge < -0.3 is 5.32 Å². The van der Waals surface area contributed by atoms with Crippen molar-refractivity contribution in [1.82, 2.24) is 14.4 Å². The molecule has 0 aliphatic heterocycles. The van der Waals surface area contributed by atoms with Gasteiger partial charge in [0, 0.05) is 16.3 Å². The van der Waals surface area contributed by atoms with E-state index < -0.39 is 0 Å². The molecule has 1 N–H and O–H groups in total. The molecule has 0 saturated heterocycles. The molecule has 0 aliphatic rings. The van der Waals surface area contributed by atoms with Crippen LogP contribution < -0.4 is 5.32 Å². The van der Waals surface area contributed by atoms with Crippen LogP contribution in [-0.2, 0) is 0 Å². The predicted molar refractivity (Wildman–Crippen MR) is 90.5 cm³/mol. The Hall–Kier alpha value is -2.50. The Bertz CT molecular complexity index is 1090. The fourth-order valence-corrected chi connectivity index (χ4v) is 3.53. The monoisotopic (exact) mass is 387 g/mol. The third-order valence-electron chi connectivity index (χ3n) is 3.38. The summed E-state index contributed by atoms with van der Waals surface area (Å²) in [5.41, 5.74) is 1.15. The van der Waals surface area contributed by atoms with Crippen LogP contribution in [0.4, 0.5) is 16.0 Å². The van der Waals surface area contributed by atoms with Gasteiger partial charge >= 0.3 is 0 Å². The maximum atomic E-state index is 14.3. The number of fused-ring (bicyclic) bond motifs is 2. The smallest absolute Gasteiger partial charge is 0.213 e. The number of hydrogen-bond acceptors (Lipinski definition) is 5. The third kappa shape index (κ3) is 2.25. The molecule has 0 amide bonds. The van der Waals surface area contributed by atoms with Gasteiger partial charge in [-0.1, -0.05) is 0 Å². The molecular formula is C15H7BrFN5S. The Labute approximate surface area is 142 Å². The molecule has 0 atom stereocenters. The Morgan fingerprint density at radius 3 is 3.04 bits per heavy atom. The van der Waals surface area contributed by atoms with E-state index in [-0.39, 0.29) is 11.5 Å². The van der Waals surface area contributed by atoms with Crippen molar-refractivity contribution in [3.05, 3.63) is 52.0 Å². The van der Waals surface area contributed by atoms with Crippen molar-refractivity contribution in [2.75, 3.05) is 5.32 Å². The lowest BCUT2D eigenvalue weighted by molar-refractivity contribution is 0.633. The number of nitrogens with one attached hydrogen (secondary N) is 1. The van der Waals surface area contributed by atoms with Gasteiger partial charge in [-0.2, -0.15) is 5.26 Å². The minimum atomic E-state index is -0.366. The van der Waals surface area contributed by atoms with Crippen LogP contribution in [0.2, 0.25) is 0 Å². The molecular weight excluding hydrogens is 381 g/mol. The molecule has 0 bridgehead atoms. The molecule has 5 nitrogen and oxygen atoms in total. The summed E-state index contributed by atoms with van der Waals surface area (Å²) in [6.07, 6.45) is 3.12. The van der Waals surface area contributed by atoms with Gasteiger partial charge in [0.05, 0.1) is 16.4 Å². The van der Waals surface area contributed by atoms with Crippen LogP contribution in [0.3, 0.4) is 0 Å². The summed E-state index contributed by atoms with van der Waals surface area (Å²) in [6.45, 7) is 0. The van der Waals surface area contributed by atoms with E-state index in [2.05, 4.69) is 31.2 Å². The summed E-state index contributed by atoms with van der Waals surface area (Å²) >= 11 is 4.89. The lowest BCUT2D eigenvalue weighted by Gasteiger charge is -2.10. The molecule has 23 heavy (non-hydrogen) atoms. The molecule has 0 spiro atoms. The van der Waals surface area contributed by atoms with Crippen molar-refractivity contribution in [1.29, 1.82) is 5.26 Å². The van der Waals surface area contributed by atoms with E-state index in [0.717, 1.165) is 10.1 Å². The zero-order chi connectivity index (χ0) is 16.0. The minimum Gasteiger partial charge on any atom is -0.322 e. The van der Waals surface area contributed by atoms with Gasteiger partial charge in [0.1, 0.15) is 11.9 Å². The number of halogens is 2. The van der Waals surface area contributed by atoms with Crippen LogP contribution >= 0.6 is 27.3 Å². The normalized spacial score (nSPS) is 11.0. The summed E-state index contributed by atoms with van der Waals surface area (Å²) in [4.78, 5) is 8.46. The second-order valence-electron chi connectivity index (χ2n) is 4.74. The maximum Gasteiger partial charge on any atom is 0.213 e. The highest BCUT2D eigenvalue weighted by atomic mass is 79.9. The van der Waals surface area contributed by atoms with E-state index in [1.165, 1.54) is 17.4 Å². The zero-order valence-electron chi connectivity index (χ0n) is 11.4. The van der Waals surface area contributed by atoms with Gasteiger partial charge in [0.2, 0.25) is 5.95 Å². The van der Waals surface area contributed by atoms with E-state index in [4.69, 9.17) is 5.26 Å². The molecule has 3 heterocycles. The highest BCUT2D eigenvalue weighted by Gasteiger charge is 2.14. The topological polar surface area (TPSA) is 66.0 Å². The van der Waals surface area contributed by atoms with Crippen molar-refractivity contribution in [2.24, 2.45) is 0 Å². The summed E-state index contributed by atoms with van der Waals surface area (Å²) in [6, 6.07) is 7.02. The summed E-state index contributed by atoms with van der Waals surface area (Å²) < 4.78 is 17.5. The number of imidazole rings is 1. The molecule has 1 aromatic carbocycles. The SMILES string of the molecule is N#Cc1cn2c(Nc3c(F)ccc4sccc34)ncc(Br)c2n1. The average molecular weight is 388 g/mol. The quantitative estimate of drug-likeness (QED) is 0.551. The Morgan fingerprint density at radius 2 is 2.22 bits per heavy atom. The lowest BCUT2D eigenvalue weighted by Crippen LogP contribution is -2.03. The molecule has 8 heteroatoms. The van der Waals surface area contributed by atoms with Gasteiger partial charge in [-0.15, -0.1) is 11.3 Å². The number of anilines is 2. The molecule has 0 unspecified atom stereocenters. The number of aromatic nitrogens is 3. The minimum absolute atomic E-state index is 0.260. The van der Waals surface area contributed by atoms with Crippen LogP contribution in [0.1, 0.15) is 5.69 Å². The van der Waals surface area contributed by atoms with E-state index in [1.54, 1.807) is 22.9 Å². The molecule has 112 valence electrons. The Balaban J connectivity index is 1.91. The summed E-state index contributed by atoms with van der Waals surface area (Å²) in [7, 11) is 0. The second kappa shape index (κ2) is 5.30. The summed E-state index contributed by atoms with van der Waals surface area (Å²) in [5.74, 6) is 0.0178. The van der Waals surface area contributed by atoms with E-state index in [9.17, 15) is 4.39 Å². The van der Waals surface area contributed by atoms with E-state index >= 15 is 0 Å². The van der Waals surface area contributed by atoms with Crippen LogP contribution in [0, 0.1) is 17.1 Å². The molecule has 4 rings (SSSR count). The van der Waals surface area contributed by atoms with Crippen molar-refractivity contribution in [2.45, 2.75) is 0 Å². The van der Waals surface area contributed by atoms with Crippen LogP contribution in [-0.4, -0.2) is 14.4 Å². The van der Waals surface area contributed by atoms with Crippen LogP contribution in [0.5, 0.6) is 0 Å². The highest BCUT2D eigenvalue weighted by Crippen LogP contribution is 2.32. The fraction of sp³-hybridized carbons (Fsp3) is 0. The highest BCUT2D eigenvalue weighted by molar-refractivity contribution is 9.10. The van der Waals surface area contributed by atoms with E-state index in [0.29, 0.717) is 21.8 Å². The number of thiophene rings is 1. The number of hydrogen-bond donors (Lipinski definition) is 1. The van der Waals surface area contributed by atoms with Crippen molar-refractivity contribution in [3.63, 3.8) is 0 Å². The van der Waals surface area contributed by atoms with Gasteiger partial charge in [-0.3, -0.25) is 4.40 Å². The third-order valence-corrected chi connectivity index (χ3v) is 4.83. The molecule has 4 aromatic rings. The fourth-order valence-electron chi connectivity index (χ4n) is 2.35. The molecule has 0 saturated carbocycles. The summed E-state index contributed by atoms with van der Waals surface area (Å²) in [5, 5.41) is 14.7. The van der Waals surface area contributed by atoms with Gasteiger partial charge in [-0.25, -0.2) is 14.4 Å². The Kier molecular flexibility index (Phi) is 3.25. The molecule has 3 aromatic heterocycles. The number of nitriles is 1. The first-order valence-corrected chi connectivity index (χ1v) is 8.21.